The summed E-state index contributed by atoms with van der Waals surface area (Å²) >= 11 is 1.35. The first kappa shape index (κ1) is 11.5. The molecule has 8 nitrogen and oxygen atoms in total. The van der Waals surface area contributed by atoms with Gasteiger partial charge in [0.1, 0.15) is 17.9 Å². The average molecular weight is 253 g/mol. The molecule has 0 spiro atoms. The van der Waals surface area contributed by atoms with E-state index in [4.69, 9.17) is 5.73 Å². The number of nitrogens with two attached hydrogens (primary N) is 1. The Morgan fingerprint density at radius 3 is 3.00 bits per heavy atom. The van der Waals surface area contributed by atoms with Gasteiger partial charge in [-0.3, -0.25) is 10.1 Å². The second-order valence-electron chi connectivity index (χ2n) is 3.20. The van der Waals surface area contributed by atoms with E-state index in [2.05, 4.69) is 25.6 Å². The molecular weight excluding hydrogens is 242 g/mol. The molecule has 3 N–H and O–H groups in total. The van der Waals surface area contributed by atoms with E-state index in [0.29, 0.717) is 5.13 Å². The summed E-state index contributed by atoms with van der Waals surface area (Å²) in [6, 6.07) is 0. The second kappa shape index (κ2) is 4.87. The molecular formula is C8H11N7OS. The number of nitrogen functional groups attached to an aromatic ring is 1. The van der Waals surface area contributed by atoms with Gasteiger partial charge < -0.3 is 5.73 Å². The minimum absolute atomic E-state index is 0.0469. The lowest BCUT2D eigenvalue weighted by atomic mass is 10.5. The molecule has 17 heavy (non-hydrogen) atoms. The molecule has 0 aliphatic heterocycles. The maximum atomic E-state index is 11.6. The Labute approximate surface area is 101 Å². The Morgan fingerprint density at radius 1 is 1.59 bits per heavy atom. The number of rotatable bonds is 4. The number of hydrogen-bond acceptors (Lipinski definition) is 7. The Bertz CT molecular complexity index is 519. The topological polar surface area (TPSA) is 112 Å². The average Bonchev–Trinajstić information content (AvgIpc) is 2.88. The Balaban J connectivity index is 1.93. The van der Waals surface area contributed by atoms with Crippen LogP contribution in [0.5, 0.6) is 0 Å². The monoisotopic (exact) mass is 253 g/mol. The highest BCUT2D eigenvalue weighted by molar-refractivity contribution is 7.15. The molecule has 2 aromatic rings. The maximum Gasteiger partial charge on any atom is 0.248 e. The van der Waals surface area contributed by atoms with Gasteiger partial charge in [-0.15, -0.1) is 15.3 Å². The van der Waals surface area contributed by atoms with Gasteiger partial charge in [-0.2, -0.15) is 0 Å². The van der Waals surface area contributed by atoms with Gasteiger partial charge in [-0.05, 0) is 6.42 Å². The van der Waals surface area contributed by atoms with E-state index in [1.807, 2.05) is 6.92 Å². The molecule has 0 aliphatic rings. The molecule has 0 fully saturated rings. The maximum absolute atomic E-state index is 11.6. The van der Waals surface area contributed by atoms with Crippen molar-refractivity contribution < 1.29 is 4.79 Å². The highest BCUT2D eigenvalue weighted by atomic mass is 32.1. The van der Waals surface area contributed by atoms with Crippen molar-refractivity contribution in [3.05, 3.63) is 11.3 Å². The quantitative estimate of drug-likeness (QED) is 0.787. The summed E-state index contributed by atoms with van der Waals surface area (Å²) in [7, 11) is 0. The van der Waals surface area contributed by atoms with Crippen molar-refractivity contribution >= 4 is 28.3 Å². The number of anilines is 2. The van der Waals surface area contributed by atoms with Gasteiger partial charge in [-0.1, -0.05) is 18.3 Å². The molecule has 0 bridgehead atoms. The highest BCUT2D eigenvalue weighted by Gasteiger charge is 2.08. The summed E-state index contributed by atoms with van der Waals surface area (Å²) in [4.78, 5) is 15.3. The third-order valence-corrected chi connectivity index (χ3v) is 2.86. The summed E-state index contributed by atoms with van der Waals surface area (Å²) in [6.07, 6.45) is 2.19. The van der Waals surface area contributed by atoms with Crippen LogP contribution in [0.1, 0.15) is 11.9 Å². The van der Waals surface area contributed by atoms with Gasteiger partial charge in [0.05, 0.1) is 0 Å². The summed E-state index contributed by atoms with van der Waals surface area (Å²) in [6.45, 7) is 2.02. The van der Waals surface area contributed by atoms with Gasteiger partial charge in [0.15, 0.2) is 0 Å². The summed E-state index contributed by atoms with van der Waals surface area (Å²) in [5.74, 6) is -0.101. The molecule has 2 aromatic heterocycles. The van der Waals surface area contributed by atoms with Gasteiger partial charge in [-0.25, -0.2) is 9.67 Å². The fraction of sp³-hybridized carbons (Fsp3) is 0.375. The molecule has 0 aliphatic carbocycles. The van der Waals surface area contributed by atoms with E-state index in [9.17, 15) is 4.79 Å². The smallest absolute Gasteiger partial charge is 0.248 e. The second-order valence-corrected chi connectivity index (χ2v) is 4.27. The number of amides is 1. The van der Waals surface area contributed by atoms with E-state index in [-0.39, 0.29) is 18.4 Å². The van der Waals surface area contributed by atoms with Crippen LogP contribution in [0.4, 0.5) is 11.1 Å². The number of carbonyl (C=O) groups is 1. The summed E-state index contributed by atoms with van der Waals surface area (Å²) in [5, 5.41) is 15.5. The predicted octanol–water partition coefficient (Wildman–Crippen LogP) is -0.0871. The third kappa shape index (κ3) is 2.97. The minimum Gasteiger partial charge on any atom is -0.367 e. The van der Waals surface area contributed by atoms with E-state index < -0.39 is 0 Å². The Morgan fingerprint density at radius 2 is 2.41 bits per heavy atom. The van der Waals surface area contributed by atoms with Crippen LogP contribution in [0.15, 0.2) is 6.33 Å². The lowest BCUT2D eigenvalue weighted by molar-refractivity contribution is -0.116. The van der Waals surface area contributed by atoms with Crippen LogP contribution in [0.25, 0.3) is 0 Å². The summed E-state index contributed by atoms with van der Waals surface area (Å²) < 4.78 is 1.35. The molecule has 0 aromatic carbocycles. The van der Waals surface area contributed by atoms with Crippen LogP contribution in [-0.2, 0) is 17.8 Å². The molecule has 9 heteroatoms. The SMILES string of the molecule is CCc1nnc(NC(=O)Cn2cnc(N)n2)s1. The normalized spacial score (nSPS) is 10.4. The van der Waals surface area contributed by atoms with Crippen molar-refractivity contribution in [2.24, 2.45) is 0 Å². The van der Waals surface area contributed by atoms with E-state index in [1.165, 1.54) is 22.3 Å². The molecule has 2 heterocycles. The zero-order valence-electron chi connectivity index (χ0n) is 9.12. The molecule has 0 radical (unpaired) electrons. The lowest BCUT2D eigenvalue weighted by Gasteiger charge is -1.99. The van der Waals surface area contributed by atoms with Crippen LogP contribution >= 0.6 is 11.3 Å². The number of nitrogens with one attached hydrogen (secondary N) is 1. The highest BCUT2D eigenvalue weighted by Crippen LogP contribution is 2.15. The van der Waals surface area contributed by atoms with Crippen LogP contribution in [0.3, 0.4) is 0 Å². The Hall–Kier alpha value is -2.03. The van der Waals surface area contributed by atoms with Gasteiger partial charge in [0.2, 0.25) is 17.0 Å². The van der Waals surface area contributed by atoms with Crippen molar-refractivity contribution in [1.82, 2.24) is 25.0 Å². The van der Waals surface area contributed by atoms with Crippen molar-refractivity contribution in [2.45, 2.75) is 19.9 Å². The van der Waals surface area contributed by atoms with Crippen LogP contribution in [-0.4, -0.2) is 30.9 Å². The first-order chi connectivity index (χ1) is 8.17. The first-order valence-electron chi connectivity index (χ1n) is 4.94. The third-order valence-electron chi connectivity index (χ3n) is 1.88. The fourth-order valence-corrected chi connectivity index (χ4v) is 1.83. The predicted molar refractivity (Wildman–Crippen MR) is 62.4 cm³/mol. The molecule has 90 valence electrons. The van der Waals surface area contributed by atoms with Crippen molar-refractivity contribution in [3.63, 3.8) is 0 Å². The summed E-state index contributed by atoms with van der Waals surface area (Å²) in [5.41, 5.74) is 5.33. The fourth-order valence-electron chi connectivity index (χ4n) is 1.14. The number of aryl methyl sites for hydroxylation is 1. The van der Waals surface area contributed by atoms with Gasteiger partial charge in [0.25, 0.3) is 0 Å². The van der Waals surface area contributed by atoms with Crippen molar-refractivity contribution in [1.29, 1.82) is 0 Å². The largest absolute Gasteiger partial charge is 0.367 e. The van der Waals surface area contributed by atoms with Gasteiger partial charge in [0, 0.05) is 0 Å². The molecule has 2 rings (SSSR count). The zero-order valence-corrected chi connectivity index (χ0v) is 9.94. The van der Waals surface area contributed by atoms with E-state index in [0.717, 1.165) is 11.4 Å². The van der Waals surface area contributed by atoms with Crippen molar-refractivity contribution in [3.8, 4) is 0 Å². The number of aromatic nitrogens is 5. The van der Waals surface area contributed by atoms with Crippen LogP contribution in [0.2, 0.25) is 0 Å². The van der Waals surface area contributed by atoms with E-state index in [1.54, 1.807) is 0 Å². The van der Waals surface area contributed by atoms with Crippen molar-refractivity contribution in [2.75, 3.05) is 11.1 Å². The Kier molecular flexibility index (Phi) is 3.28. The number of hydrogen-bond donors (Lipinski definition) is 2. The number of nitrogens with zero attached hydrogens (tertiary/aromatic N) is 5. The number of carbonyl (C=O) groups excluding carboxylic acids is 1. The molecule has 0 saturated carbocycles. The molecule has 0 unspecified atom stereocenters. The first-order valence-corrected chi connectivity index (χ1v) is 5.76. The van der Waals surface area contributed by atoms with Crippen LogP contribution in [0, 0.1) is 0 Å². The van der Waals surface area contributed by atoms with Gasteiger partial charge >= 0.3 is 0 Å². The zero-order chi connectivity index (χ0) is 12.3. The molecule has 0 saturated heterocycles. The molecule has 0 atom stereocenters. The molecule has 1 amide bonds. The van der Waals surface area contributed by atoms with Crippen LogP contribution < -0.4 is 11.1 Å². The van der Waals surface area contributed by atoms with E-state index >= 15 is 0 Å². The lowest BCUT2D eigenvalue weighted by Crippen LogP contribution is -2.19. The minimum atomic E-state index is -0.242. The standard InChI is InChI=1S/C8H11N7OS/c1-2-6-12-13-8(17-6)11-5(16)3-15-4-10-7(9)14-15/h4H,2-3H2,1H3,(H2,9,14)(H,11,13,16).